The lowest BCUT2D eigenvalue weighted by molar-refractivity contribution is 0.0302. The molecule has 0 radical (unpaired) electrons. The van der Waals surface area contributed by atoms with Gasteiger partial charge in [0.05, 0.1) is 23.8 Å². The Hall–Kier alpha value is -2.38. The highest BCUT2D eigenvalue weighted by Crippen LogP contribution is 2.25. The van der Waals surface area contributed by atoms with Gasteiger partial charge in [-0.2, -0.15) is 0 Å². The van der Waals surface area contributed by atoms with Crippen LogP contribution in [-0.2, 0) is 4.74 Å². The summed E-state index contributed by atoms with van der Waals surface area (Å²) in [6.07, 6.45) is 5.38. The van der Waals surface area contributed by atoms with E-state index in [-0.39, 0.29) is 5.91 Å². The highest BCUT2D eigenvalue weighted by molar-refractivity contribution is 6.33. The molecule has 2 aliphatic heterocycles. The van der Waals surface area contributed by atoms with Crippen LogP contribution in [0.25, 0.3) is 0 Å². The van der Waals surface area contributed by atoms with Crippen molar-refractivity contribution in [2.75, 3.05) is 49.6 Å². The van der Waals surface area contributed by atoms with Crippen molar-refractivity contribution in [3.05, 3.63) is 47.2 Å². The van der Waals surface area contributed by atoms with Crippen LogP contribution in [0, 0.1) is 0 Å². The summed E-state index contributed by atoms with van der Waals surface area (Å²) in [5, 5.41) is 3.91. The van der Waals surface area contributed by atoms with Gasteiger partial charge in [0.1, 0.15) is 11.6 Å². The molecule has 0 aromatic carbocycles. The summed E-state index contributed by atoms with van der Waals surface area (Å²) in [7, 11) is 0. The first-order valence-corrected chi connectivity index (χ1v) is 10.0. The van der Waals surface area contributed by atoms with Gasteiger partial charge in [-0.15, -0.1) is 0 Å². The van der Waals surface area contributed by atoms with E-state index in [9.17, 15) is 4.79 Å². The molecule has 148 valence electrons. The summed E-state index contributed by atoms with van der Waals surface area (Å²) in [4.78, 5) is 25.5. The van der Waals surface area contributed by atoms with Crippen LogP contribution in [0.2, 0.25) is 5.02 Å². The predicted octanol–water partition coefficient (Wildman–Crippen LogP) is 2.68. The Morgan fingerprint density at radius 3 is 2.61 bits per heavy atom. The summed E-state index contributed by atoms with van der Waals surface area (Å²) in [6.45, 7) is 4.21. The predicted molar refractivity (Wildman–Crippen MR) is 109 cm³/mol. The number of carbonyl (C=O) groups is 1. The molecule has 2 aromatic rings. The van der Waals surface area contributed by atoms with Crippen LogP contribution in [0.4, 0.5) is 11.6 Å². The lowest BCUT2D eigenvalue weighted by Crippen LogP contribution is -2.41. The molecule has 2 fully saturated rings. The molecule has 0 unspecified atom stereocenters. The summed E-state index contributed by atoms with van der Waals surface area (Å²) in [5.74, 6) is 1.60. The molecule has 0 spiro atoms. The van der Waals surface area contributed by atoms with E-state index in [1.807, 2.05) is 24.4 Å². The number of nitrogens with zero attached hydrogens (tertiary/aromatic N) is 4. The van der Waals surface area contributed by atoms with Crippen LogP contribution < -0.4 is 10.2 Å². The van der Waals surface area contributed by atoms with E-state index in [2.05, 4.69) is 20.2 Å². The highest BCUT2D eigenvalue weighted by Gasteiger charge is 2.23. The van der Waals surface area contributed by atoms with Gasteiger partial charge in [0.15, 0.2) is 0 Å². The number of nitrogens with one attached hydrogen (secondary N) is 1. The molecule has 28 heavy (non-hydrogen) atoms. The first-order valence-electron chi connectivity index (χ1n) is 9.66. The number of anilines is 2. The van der Waals surface area contributed by atoms with E-state index in [1.165, 1.54) is 0 Å². The average Bonchev–Trinajstić information content (AvgIpc) is 2.76. The van der Waals surface area contributed by atoms with E-state index < -0.39 is 0 Å². The number of hydrogen-bond donors (Lipinski definition) is 1. The van der Waals surface area contributed by atoms with Crippen molar-refractivity contribution >= 4 is 29.1 Å². The molecule has 0 bridgehead atoms. The molecule has 0 saturated carbocycles. The largest absolute Gasteiger partial charge is 0.378 e. The molecule has 0 aliphatic carbocycles. The molecule has 1 amide bonds. The fourth-order valence-electron chi connectivity index (χ4n) is 3.60. The number of hydrogen-bond acceptors (Lipinski definition) is 6. The Labute approximate surface area is 169 Å². The quantitative estimate of drug-likeness (QED) is 0.849. The van der Waals surface area contributed by atoms with Crippen molar-refractivity contribution in [1.82, 2.24) is 14.9 Å². The summed E-state index contributed by atoms with van der Waals surface area (Å²) < 4.78 is 5.30. The maximum atomic E-state index is 12.6. The third kappa shape index (κ3) is 4.36. The number of halogens is 1. The zero-order valence-corrected chi connectivity index (χ0v) is 16.4. The van der Waals surface area contributed by atoms with Gasteiger partial charge in [0, 0.05) is 44.6 Å². The lowest BCUT2D eigenvalue weighted by Gasteiger charge is -2.33. The SMILES string of the molecule is O=C(c1cnc(NC2CCN(c3ccccn3)CC2)c(Cl)c1)N1CCOCC1. The number of carbonyl (C=O) groups excluding carboxylic acids is 1. The van der Waals surface area contributed by atoms with E-state index in [4.69, 9.17) is 16.3 Å². The molecule has 4 rings (SSSR count). The van der Waals surface area contributed by atoms with Crippen LogP contribution >= 0.6 is 11.6 Å². The number of ether oxygens (including phenoxy) is 1. The Morgan fingerprint density at radius 2 is 1.93 bits per heavy atom. The zero-order chi connectivity index (χ0) is 19.3. The van der Waals surface area contributed by atoms with Crippen molar-refractivity contribution in [2.24, 2.45) is 0 Å². The molecule has 2 aliphatic rings. The number of aromatic nitrogens is 2. The average molecular weight is 402 g/mol. The van der Waals surface area contributed by atoms with E-state index in [0.29, 0.717) is 48.7 Å². The minimum absolute atomic E-state index is 0.0482. The molecule has 0 atom stereocenters. The number of rotatable bonds is 4. The van der Waals surface area contributed by atoms with Crippen molar-refractivity contribution < 1.29 is 9.53 Å². The van der Waals surface area contributed by atoms with Gasteiger partial charge < -0.3 is 19.9 Å². The van der Waals surface area contributed by atoms with Gasteiger partial charge in [-0.05, 0) is 31.0 Å². The molecular formula is C20H24ClN5O2. The second kappa shape index (κ2) is 8.75. The van der Waals surface area contributed by atoms with Crippen LogP contribution in [0.3, 0.4) is 0 Å². The number of morpholine rings is 1. The first-order chi connectivity index (χ1) is 13.7. The van der Waals surface area contributed by atoms with Gasteiger partial charge in [0.25, 0.3) is 5.91 Å². The highest BCUT2D eigenvalue weighted by atomic mass is 35.5. The van der Waals surface area contributed by atoms with Crippen LogP contribution in [-0.4, -0.2) is 66.2 Å². The van der Waals surface area contributed by atoms with Gasteiger partial charge in [-0.3, -0.25) is 4.79 Å². The smallest absolute Gasteiger partial charge is 0.255 e. The number of amides is 1. The Balaban J connectivity index is 1.34. The minimum atomic E-state index is -0.0482. The van der Waals surface area contributed by atoms with Crippen molar-refractivity contribution in [3.8, 4) is 0 Å². The Morgan fingerprint density at radius 1 is 1.14 bits per heavy atom. The number of piperidine rings is 1. The first kappa shape index (κ1) is 19.0. The van der Waals surface area contributed by atoms with Crippen LogP contribution in [0.1, 0.15) is 23.2 Å². The summed E-state index contributed by atoms with van der Waals surface area (Å²) >= 11 is 6.42. The third-order valence-electron chi connectivity index (χ3n) is 5.20. The van der Waals surface area contributed by atoms with E-state index in [1.54, 1.807) is 17.2 Å². The molecule has 8 heteroatoms. The fraction of sp³-hybridized carbons (Fsp3) is 0.450. The molecule has 2 aromatic heterocycles. The summed E-state index contributed by atoms with van der Waals surface area (Å²) in [6, 6.07) is 7.98. The van der Waals surface area contributed by atoms with E-state index in [0.717, 1.165) is 31.7 Å². The minimum Gasteiger partial charge on any atom is -0.378 e. The molecule has 4 heterocycles. The van der Waals surface area contributed by atoms with Gasteiger partial charge in [-0.25, -0.2) is 9.97 Å². The lowest BCUT2D eigenvalue weighted by atomic mass is 10.0. The molecular weight excluding hydrogens is 378 g/mol. The van der Waals surface area contributed by atoms with Gasteiger partial charge >= 0.3 is 0 Å². The van der Waals surface area contributed by atoms with Gasteiger partial charge in [0.2, 0.25) is 0 Å². The zero-order valence-electron chi connectivity index (χ0n) is 15.7. The third-order valence-corrected chi connectivity index (χ3v) is 5.48. The molecule has 2 saturated heterocycles. The monoisotopic (exact) mass is 401 g/mol. The van der Waals surface area contributed by atoms with Crippen molar-refractivity contribution in [2.45, 2.75) is 18.9 Å². The Kier molecular flexibility index (Phi) is 5.92. The van der Waals surface area contributed by atoms with Gasteiger partial charge in [-0.1, -0.05) is 17.7 Å². The Bertz CT molecular complexity index is 805. The van der Waals surface area contributed by atoms with Crippen LogP contribution in [0.15, 0.2) is 36.7 Å². The van der Waals surface area contributed by atoms with Crippen molar-refractivity contribution in [3.63, 3.8) is 0 Å². The normalized spacial score (nSPS) is 18.2. The fourth-order valence-corrected chi connectivity index (χ4v) is 3.82. The van der Waals surface area contributed by atoms with E-state index >= 15 is 0 Å². The second-order valence-corrected chi connectivity index (χ2v) is 7.46. The molecule has 1 N–H and O–H groups in total. The number of pyridine rings is 2. The van der Waals surface area contributed by atoms with Crippen LogP contribution in [0.5, 0.6) is 0 Å². The topological polar surface area (TPSA) is 70.6 Å². The summed E-state index contributed by atoms with van der Waals surface area (Å²) in [5.41, 5.74) is 0.516. The standard InChI is InChI=1S/C20H24ClN5O2/c21-17-13-15(20(27)26-9-11-28-12-10-26)14-23-19(17)24-16-4-7-25(8-5-16)18-3-1-2-6-22-18/h1-3,6,13-14,16H,4-5,7-12H2,(H,23,24). The maximum absolute atomic E-state index is 12.6. The molecule has 7 nitrogen and oxygen atoms in total. The van der Waals surface area contributed by atoms with Crippen molar-refractivity contribution in [1.29, 1.82) is 0 Å². The maximum Gasteiger partial charge on any atom is 0.255 e. The second-order valence-electron chi connectivity index (χ2n) is 7.05.